The number of halogens is 1. The highest BCUT2D eigenvalue weighted by molar-refractivity contribution is 7.19. The van der Waals surface area contributed by atoms with Gasteiger partial charge in [0.25, 0.3) is 0 Å². The highest BCUT2D eigenvalue weighted by Crippen LogP contribution is 2.40. The molecule has 6 nitrogen and oxygen atoms in total. The van der Waals surface area contributed by atoms with Crippen LogP contribution in [0.15, 0.2) is 66.9 Å². The minimum Gasteiger partial charge on any atom is -0.348 e. The molecule has 2 aromatic carbocycles. The summed E-state index contributed by atoms with van der Waals surface area (Å²) in [6.07, 6.45) is 1.80. The van der Waals surface area contributed by atoms with Crippen molar-refractivity contribution in [2.24, 2.45) is 0 Å². The van der Waals surface area contributed by atoms with Gasteiger partial charge in [-0.15, -0.1) is 0 Å². The lowest BCUT2D eigenvalue weighted by Gasteiger charge is -2.32. The van der Waals surface area contributed by atoms with E-state index >= 15 is 0 Å². The fourth-order valence-electron chi connectivity index (χ4n) is 4.02. The maximum absolute atomic E-state index is 6.33. The summed E-state index contributed by atoms with van der Waals surface area (Å²) in [5, 5.41) is 5.15. The summed E-state index contributed by atoms with van der Waals surface area (Å²) in [4.78, 5) is 20.2. The number of likely N-dealkylation sites (N-methyl/N-ethyl adjacent to an activating group) is 1. The van der Waals surface area contributed by atoms with Crippen LogP contribution in [0, 0.1) is 0 Å². The van der Waals surface area contributed by atoms with Gasteiger partial charge in [0, 0.05) is 43.0 Å². The summed E-state index contributed by atoms with van der Waals surface area (Å²) in [6, 6.07) is 20.2. The van der Waals surface area contributed by atoms with E-state index in [9.17, 15) is 0 Å². The van der Waals surface area contributed by atoms with Crippen LogP contribution in [0.3, 0.4) is 0 Å². The first kappa shape index (κ1) is 22.8. The number of aromatic nitrogens is 3. The number of rotatable bonds is 6. The van der Waals surface area contributed by atoms with Crippen LogP contribution >= 0.6 is 22.9 Å². The molecule has 0 radical (unpaired) electrons. The van der Waals surface area contributed by atoms with Gasteiger partial charge in [0.1, 0.15) is 0 Å². The number of thiazole rings is 1. The summed E-state index contributed by atoms with van der Waals surface area (Å²) in [7, 11) is 2.16. The lowest BCUT2D eigenvalue weighted by Crippen LogP contribution is -2.44. The second-order valence-corrected chi connectivity index (χ2v) is 9.93. The Balaban J connectivity index is 1.50. The maximum atomic E-state index is 6.33. The summed E-state index contributed by atoms with van der Waals surface area (Å²) < 4.78 is 0. The molecule has 1 aliphatic heterocycles. The molecule has 1 atom stereocenters. The van der Waals surface area contributed by atoms with Gasteiger partial charge in [-0.2, -0.15) is 0 Å². The van der Waals surface area contributed by atoms with Gasteiger partial charge in [-0.3, -0.25) is 0 Å². The van der Waals surface area contributed by atoms with Gasteiger partial charge in [0.05, 0.1) is 22.3 Å². The lowest BCUT2D eigenvalue weighted by atomic mass is 10.1. The number of piperazine rings is 1. The zero-order valence-electron chi connectivity index (χ0n) is 19.3. The normalized spacial score (nSPS) is 15.3. The van der Waals surface area contributed by atoms with Crippen molar-refractivity contribution in [3.8, 4) is 21.8 Å². The van der Waals surface area contributed by atoms with Crippen LogP contribution in [0.25, 0.3) is 21.8 Å². The molecule has 8 heteroatoms. The van der Waals surface area contributed by atoms with Crippen LogP contribution in [-0.2, 0) is 0 Å². The van der Waals surface area contributed by atoms with Crippen molar-refractivity contribution >= 4 is 34.0 Å². The van der Waals surface area contributed by atoms with Crippen molar-refractivity contribution in [2.45, 2.75) is 13.0 Å². The molecule has 0 bridgehead atoms. The minimum absolute atomic E-state index is 0.0891. The van der Waals surface area contributed by atoms with Crippen molar-refractivity contribution in [1.82, 2.24) is 19.9 Å². The zero-order valence-corrected chi connectivity index (χ0v) is 20.9. The third kappa shape index (κ3) is 5.06. The Kier molecular flexibility index (Phi) is 6.76. The van der Waals surface area contributed by atoms with Gasteiger partial charge in [-0.05, 0) is 37.7 Å². The monoisotopic (exact) mass is 490 g/mol. The molecule has 1 unspecified atom stereocenters. The van der Waals surface area contributed by atoms with E-state index in [1.54, 1.807) is 17.5 Å². The number of nitrogens with zero attached hydrogens (tertiary/aromatic N) is 5. The summed E-state index contributed by atoms with van der Waals surface area (Å²) >= 11 is 8.01. The number of anilines is 2. The molecule has 1 saturated heterocycles. The topological polar surface area (TPSA) is 57.2 Å². The first-order valence-electron chi connectivity index (χ1n) is 11.4. The fourth-order valence-corrected chi connectivity index (χ4v) is 5.32. The van der Waals surface area contributed by atoms with Crippen molar-refractivity contribution in [1.29, 1.82) is 0 Å². The third-order valence-corrected chi connectivity index (χ3v) is 7.39. The van der Waals surface area contributed by atoms with Crippen molar-refractivity contribution < 1.29 is 0 Å². The molecule has 0 aliphatic carbocycles. The van der Waals surface area contributed by atoms with Crippen molar-refractivity contribution in [3.63, 3.8) is 0 Å². The van der Waals surface area contributed by atoms with Gasteiger partial charge >= 0.3 is 0 Å². The number of benzene rings is 2. The van der Waals surface area contributed by atoms with Gasteiger partial charge in [0.15, 0.2) is 5.13 Å². The second kappa shape index (κ2) is 10.1. The largest absolute Gasteiger partial charge is 0.348 e. The first-order valence-corrected chi connectivity index (χ1v) is 12.6. The van der Waals surface area contributed by atoms with Gasteiger partial charge in [0.2, 0.25) is 5.95 Å². The Morgan fingerprint density at radius 1 is 0.971 bits per heavy atom. The van der Waals surface area contributed by atoms with E-state index < -0.39 is 0 Å². The van der Waals surface area contributed by atoms with Crippen LogP contribution in [0.1, 0.15) is 18.5 Å². The Morgan fingerprint density at radius 2 is 1.76 bits per heavy atom. The summed E-state index contributed by atoms with van der Waals surface area (Å²) in [5.41, 5.74) is 3.93. The molecule has 1 fully saturated rings. The third-order valence-electron chi connectivity index (χ3n) is 6.02. The number of nitrogens with one attached hydrogen (secondary N) is 1. The molecule has 2 aromatic heterocycles. The Morgan fingerprint density at radius 3 is 2.53 bits per heavy atom. The predicted octanol–water partition coefficient (Wildman–Crippen LogP) is 5.85. The van der Waals surface area contributed by atoms with E-state index in [0.29, 0.717) is 11.0 Å². The predicted molar refractivity (Wildman–Crippen MR) is 142 cm³/mol. The molecular formula is C26H27ClN6S. The van der Waals surface area contributed by atoms with E-state index in [2.05, 4.69) is 52.3 Å². The van der Waals surface area contributed by atoms with Crippen molar-refractivity contribution in [3.05, 3.63) is 77.4 Å². The number of hydrogen-bond donors (Lipinski definition) is 1. The summed E-state index contributed by atoms with van der Waals surface area (Å²) in [6.45, 7) is 6.09. The van der Waals surface area contributed by atoms with Gasteiger partial charge in [-0.1, -0.05) is 65.4 Å². The van der Waals surface area contributed by atoms with E-state index in [4.69, 9.17) is 21.6 Å². The highest BCUT2D eigenvalue weighted by atomic mass is 35.5. The average Bonchev–Trinajstić information content (AvgIpc) is 3.31. The van der Waals surface area contributed by atoms with E-state index in [0.717, 1.165) is 53.1 Å². The van der Waals surface area contributed by atoms with Crippen LogP contribution in [-0.4, -0.2) is 53.1 Å². The van der Waals surface area contributed by atoms with Crippen LogP contribution in [0.2, 0.25) is 5.02 Å². The molecule has 1 aliphatic rings. The molecule has 1 N–H and O–H groups in total. The standard InChI is InChI=1S/C26H27ClN6S/c1-18(19-7-4-3-5-8-19)29-25-28-12-11-22(30-25)24-23(20-9-6-10-21(27)17-20)31-26(34-24)33-15-13-32(2)14-16-33/h3-12,17-18H,13-16H2,1-2H3,(H,28,29,30). The molecule has 0 amide bonds. The van der Waals surface area contributed by atoms with E-state index in [-0.39, 0.29) is 6.04 Å². The van der Waals surface area contributed by atoms with E-state index in [1.807, 2.05) is 42.5 Å². The maximum Gasteiger partial charge on any atom is 0.223 e. The first-order chi connectivity index (χ1) is 16.6. The second-order valence-electron chi connectivity index (χ2n) is 8.52. The van der Waals surface area contributed by atoms with E-state index in [1.165, 1.54) is 5.56 Å². The Bertz CT molecular complexity index is 1250. The molecule has 4 aromatic rings. The van der Waals surface area contributed by atoms with Crippen LogP contribution in [0.4, 0.5) is 11.1 Å². The minimum atomic E-state index is 0.0891. The molecular weight excluding hydrogens is 464 g/mol. The Hall–Kier alpha value is -3.00. The van der Waals surface area contributed by atoms with Crippen LogP contribution < -0.4 is 10.2 Å². The highest BCUT2D eigenvalue weighted by Gasteiger charge is 2.23. The van der Waals surface area contributed by atoms with Crippen molar-refractivity contribution in [2.75, 3.05) is 43.4 Å². The van der Waals surface area contributed by atoms with Gasteiger partial charge < -0.3 is 15.1 Å². The van der Waals surface area contributed by atoms with Crippen LogP contribution in [0.5, 0.6) is 0 Å². The van der Waals surface area contributed by atoms with Gasteiger partial charge in [-0.25, -0.2) is 15.0 Å². The molecule has 5 rings (SSSR count). The SMILES string of the molecule is CC(Nc1nccc(-c2sc(N3CCN(C)CC3)nc2-c2cccc(Cl)c2)n1)c1ccccc1. The average molecular weight is 491 g/mol. The molecule has 34 heavy (non-hydrogen) atoms. The molecule has 174 valence electrons. The quantitative estimate of drug-likeness (QED) is 0.366. The zero-order chi connectivity index (χ0) is 23.5. The molecule has 0 spiro atoms. The lowest BCUT2D eigenvalue weighted by molar-refractivity contribution is 0.313. The number of hydrogen-bond acceptors (Lipinski definition) is 7. The fraction of sp³-hybridized carbons (Fsp3) is 0.269. The molecule has 3 heterocycles. The smallest absolute Gasteiger partial charge is 0.223 e. The summed E-state index contributed by atoms with van der Waals surface area (Å²) in [5.74, 6) is 0.598. The Labute approximate surface area is 209 Å². The molecule has 0 saturated carbocycles.